The molecular weight excluding hydrogens is 555 g/mol. The number of carbonyl (C=O) groups is 1. The first kappa shape index (κ1) is 23.3. The largest absolute Gasteiger partial charge is 0.497 e. The molecule has 3 aromatic carbocycles. The molecular formula is C28H23IN2O4. The molecule has 0 saturated carbocycles. The fourth-order valence-electron chi connectivity index (χ4n) is 4.48. The van der Waals surface area contributed by atoms with E-state index in [2.05, 4.69) is 45.4 Å². The Morgan fingerprint density at radius 1 is 1.09 bits per heavy atom. The summed E-state index contributed by atoms with van der Waals surface area (Å²) in [5.74, 6) is 1.40. The number of carbonyl (C=O) groups excluding carboxylic acids is 1. The Bertz CT molecular complexity index is 1650. The van der Waals surface area contributed by atoms with E-state index in [9.17, 15) is 9.59 Å². The third-order valence-corrected chi connectivity index (χ3v) is 6.89. The van der Waals surface area contributed by atoms with E-state index in [1.807, 2.05) is 42.5 Å². The van der Waals surface area contributed by atoms with Crippen molar-refractivity contribution in [3.63, 3.8) is 0 Å². The number of ether oxygens (including phenoxy) is 1. The maximum atomic E-state index is 12.5. The van der Waals surface area contributed by atoms with Gasteiger partial charge in [-0.3, -0.25) is 4.79 Å². The highest BCUT2D eigenvalue weighted by molar-refractivity contribution is 14.1. The Balaban J connectivity index is 1.71. The lowest BCUT2D eigenvalue weighted by molar-refractivity contribution is 0.101. The number of methoxy groups -OCH3 is 1. The van der Waals surface area contributed by atoms with Crippen LogP contribution in [0.15, 0.2) is 69.9 Å². The first-order valence-electron chi connectivity index (χ1n) is 11.2. The summed E-state index contributed by atoms with van der Waals surface area (Å²) in [5.41, 5.74) is 4.47. The lowest BCUT2D eigenvalue weighted by Gasteiger charge is -2.11. The molecule has 0 amide bonds. The number of halogens is 1. The molecule has 35 heavy (non-hydrogen) atoms. The number of imidazole rings is 1. The quantitative estimate of drug-likeness (QED) is 0.142. The molecule has 0 unspecified atom stereocenters. The second-order valence-electron chi connectivity index (χ2n) is 8.55. The number of fused-ring (bicyclic) bond motifs is 2. The van der Waals surface area contributed by atoms with Crippen molar-refractivity contribution < 1.29 is 13.9 Å². The van der Waals surface area contributed by atoms with Crippen molar-refractivity contribution in [2.24, 2.45) is 0 Å². The Labute approximate surface area is 215 Å². The van der Waals surface area contributed by atoms with Gasteiger partial charge in [0.25, 0.3) is 0 Å². The van der Waals surface area contributed by atoms with Gasteiger partial charge in [0, 0.05) is 28.0 Å². The average molecular weight is 578 g/mol. The molecule has 0 bridgehead atoms. The molecule has 0 aliphatic carbocycles. The van der Waals surface area contributed by atoms with Crippen LogP contribution in [0.4, 0.5) is 0 Å². The lowest BCUT2D eigenvalue weighted by Crippen LogP contribution is -2.14. The van der Waals surface area contributed by atoms with Crippen LogP contribution in [0.25, 0.3) is 22.0 Å². The van der Waals surface area contributed by atoms with Gasteiger partial charge in [-0.05, 0) is 83.5 Å². The molecule has 6 nitrogen and oxygen atoms in total. The second-order valence-corrected chi connectivity index (χ2v) is 9.80. The molecule has 2 heterocycles. The van der Waals surface area contributed by atoms with Gasteiger partial charge in [-0.25, -0.2) is 9.78 Å². The van der Waals surface area contributed by atoms with Gasteiger partial charge in [0.1, 0.15) is 22.7 Å². The predicted octanol–water partition coefficient (Wildman–Crippen LogP) is 5.91. The molecule has 0 aliphatic rings. The lowest BCUT2D eigenvalue weighted by atomic mass is 10.0. The summed E-state index contributed by atoms with van der Waals surface area (Å²) in [6.07, 6.45) is 0.626. The topological polar surface area (TPSA) is 74.3 Å². The van der Waals surface area contributed by atoms with Crippen LogP contribution in [0.5, 0.6) is 5.75 Å². The van der Waals surface area contributed by atoms with Gasteiger partial charge in [0.2, 0.25) is 0 Å². The number of hydrogen-bond donors (Lipinski definition) is 0. The molecule has 5 rings (SSSR count). The van der Waals surface area contributed by atoms with Crippen LogP contribution in [-0.4, -0.2) is 22.4 Å². The zero-order chi connectivity index (χ0) is 24.7. The summed E-state index contributed by atoms with van der Waals surface area (Å²) < 4.78 is 14.2. The molecule has 0 saturated heterocycles. The third-order valence-electron chi connectivity index (χ3n) is 6.22. The Morgan fingerprint density at radius 3 is 2.54 bits per heavy atom. The first-order chi connectivity index (χ1) is 16.8. The fourth-order valence-corrected chi connectivity index (χ4v) is 5.09. The van der Waals surface area contributed by atoms with Crippen molar-refractivity contribution in [2.75, 3.05) is 7.11 Å². The van der Waals surface area contributed by atoms with E-state index in [0.717, 1.165) is 42.7 Å². The number of benzene rings is 3. The average Bonchev–Trinajstić information content (AvgIpc) is 3.14. The van der Waals surface area contributed by atoms with Gasteiger partial charge in [0.05, 0.1) is 18.1 Å². The van der Waals surface area contributed by atoms with Crippen molar-refractivity contribution in [3.8, 4) is 5.75 Å². The van der Waals surface area contributed by atoms with Gasteiger partial charge >= 0.3 is 5.63 Å². The Kier molecular flexibility index (Phi) is 6.19. The van der Waals surface area contributed by atoms with E-state index in [0.29, 0.717) is 24.1 Å². The smallest absolute Gasteiger partial charge is 0.347 e. The minimum Gasteiger partial charge on any atom is -0.497 e. The summed E-state index contributed by atoms with van der Waals surface area (Å²) >= 11 is 2.31. The minimum absolute atomic E-state index is 0.0913. The summed E-state index contributed by atoms with van der Waals surface area (Å²) in [5, 5.41) is 0.720. The number of aromatic nitrogens is 2. The highest BCUT2D eigenvalue weighted by atomic mass is 127. The van der Waals surface area contributed by atoms with Crippen molar-refractivity contribution in [1.29, 1.82) is 0 Å². The van der Waals surface area contributed by atoms with Crippen LogP contribution < -0.4 is 10.4 Å². The molecule has 176 valence electrons. The molecule has 7 heteroatoms. The monoisotopic (exact) mass is 578 g/mol. The molecule has 2 aromatic heterocycles. The third kappa shape index (κ3) is 4.48. The molecule has 0 N–H and O–H groups in total. The summed E-state index contributed by atoms with van der Waals surface area (Å²) in [4.78, 5) is 29.5. The molecule has 5 aromatic rings. The van der Waals surface area contributed by atoms with E-state index in [4.69, 9.17) is 14.1 Å². The van der Waals surface area contributed by atoms with Gasteiger partial charge in [0.15, 0.2) is 5.78 Å². The fraction of sp³-hybridized carbons (Fsp3) is 0.179. The van der Waals surface area contributed by atoms with Crippen molar-refractivity contribution in [3.05, 3.63) is 103 Å². The van der Waals surface area contributed by atoms with Gasteiger partial charge in [-0.15, -0.1) is 0 Å². The number of hydrogen-bond acceptors (Lipinski definition) is 5. The summed E-state index contributed by atoms with van der Waals surface area (Å²) in [7, 11) is 1.65. The maximum Gasteiger partial charge on any atom is 0.347 e. The van der Waals surface area contributed by atoms with Gasteiger partial charge in [-0.1, -0.05) is 24.3 Å². The highest BCUT2D eigenvalue weighted by Crippen LogP contribution is 2.28. The molecule has 0 radical (unpaired) electrons. The summed E-state index contributed by atoms with van der Waals surface area (Å²) in [6.45, 7) is 3.79. The summed E-state index contributed by atoms with van der Waals surface area (Å²) in [6, 6.07) is 20.1. The standard InChI is InChI=1S/C28H23IN2O4/c1-16-22-13-23-24(14-25(22)35-28(33)27(16)17(2)32)31(15-19-5-4-6-20(29)11-19)26(30-23)12-18-7-9-21(34-3)10-8-18/h4-11,13-14H,12,15H2,1-3H3. The second kappa shape index (κ2) is 9.30. The number of aryl methyl sites for hydroxylation is 1. The van der Waals surface area contributed by atoms with Crippen molar-refractivity contribution >= 4 is 50.4 Å². The minimum atomic E-state index is -0.607. The van der Waals surface area contributed by atoms with Crippen LogP contribution in [0.2, 0.25) is 0 Å². The Morgan fingerprint density at radius 2 is 1.86 bits per heavy atom. The zero-order valence-corrected chi connectivity index (χ0v) is 21.8. The molecule has 0 aliphatic heterocycles. The SMILES string of the molecule is COc1ccc(Cc2nc3cc4c(C)c(C(C)=O)c(=O)oc4cc3n2Cc2cccc(I)c2)cc1. The van der Waals surface area contributed by atoms with Crippen LogP contribution in [0, 0.1) is 10.5 Å². The van der Waals surface area contributed by atoms with E-state index < -0.39 is 5.63 Å². The normalized spacial score (nSPS) is 11.3. The molecule has 0 atom stereocenters. The van der Waals surface area contributed by atoms with E-state index >= 15 is 0 Å². The maximum absolute atomic E-state index is 12.5. The number of nitrogens with zero attached hydrogens (tertiary/aromatic N) is 2. The van der Waals surface area contributed by atoms with Gasteiger partial charge < -0.3 is 13.7 Å². The van der Waals surface area contributed by atoms with Crippen LogP contribution >= 0.6 is 22.6 Å². The number of rotatable bonds is 6. The van der Waals surface area contributed by atoms with E-state index in [1.165, 1.54) is 6.92 Å². The van der Waals surface area contributed by atoms with Crippen molar-refractivity contribution in [2.45, 2.75) is 26.8 Å². The van der Waals surface area contributed by atoms with Crippen LogP contribution in [0.3, 0.4) is 0 Å². The number of Topliss-reactive ketones (excluding diaryl/α,β-unsaturated/α-hetero) is 1. The van der Waals surface area contributed by atoms with Gasteiger partial charge in [-0.2, -0.15) is 0 Å². The van der Waals surface area contributed by atoms with Crippen LogP contribution in [-0.2, 0) is 13.0 Å². The zero-order valence-electron chi connectivity index (χ0n) is 19.6. The Hall–Kier alpha value is -3.46. The van der Waals surface area contributed by atoms with E-state index in [1.54, 1.807) is 14.0 Å². The van der Waals surface area contributed by atoms with Crippen molar-refractivity contribution in [1.82, 2.24) is 9.55 Å². The first-order valence-corrected chi connectivity index (χ1v) is 12.3. The van der Waals surface area contributed by atoms with E-state index in [-0.39, 0.29) is 11.3 Å². The number of ketones is 1. The molecule has 0 spiro atoms. The highest BCUT2D eigenvalue weighted by Gasteiger charge is 2.19. The molecule has 0 fully saturated rings. The van der Waals surface area contributed by atoms with Crippen LogP contribution in [0.1, 0.15) is 39.8 Å². The predicted molar refractivity (Wildman–Crippen MR) is 145 cm³/mol.